The molecule has 0 spiro atoms. The van der Waals surface area contributed by atoms with Crippen molar-refractivity contribution in [3.8, 4) is 0 Å². The summed E-state index contributed by atoms with van der Waals surface area (Å²) in [5.41, 5.74) is 1.93. The Kier molecular flexibility index (Phi) is 5.30. The number of benzene rings is 1. The van der Waals surface area contributed by atoms with E-state index in [0.29, 0.717) is 17.5 Å². The molecule has 3 unspecified atom stereocenters. The Bertz CT molecular complexity index is 424. The maximum Gasteiger partial charge on any atom is 0.0320 e. The lowest BCUT2D eigenvalue weighted by molar-refractivity contribution is 0.140. The van der Waals surface area contributed by atoms with Gasteiger partial charge in [-0.1, -0.05) is 55.8 Å². The van der Waals surface area contributed by atoms with Crippen molar-refractivity contribution < 1.29 is 0 Å². The molecule has 2 heteroatoms. The summed E-state index contributed by atoms with van der Waals surface area (Å²) in [5.74, 6) is 0.767. The van der Waals surface area contributed by atoms with E-state index in [1.807, 2.05) is 0 Å². The van der Waals surface area contributed by atoms with Crippen molar-refractivity contribution in [2.24, 2.45) is 11.3 Å². The van der Waals surface area contributed by atoms with E-state index in [0.717, 1.165) is 16.8 Å². The Hall–Kier alpha value is -0.340. The lowest BCUT2D eigenvalue weighted by Crippen LogP contribution is -2.43. The van der Waals surface area contributed by atoms with E-state index in [1.54, 1.807) is 0 Å². The fraction of sp³-hybridized carbons (Fsp3) is 0.667. The predicted molar refractivity (Wildman–Crippen MR) is 90.9 cm³/mol. The van der Waals surface area contributed by atoms with Gasteiger partial charge in [-0.3, -0.25) is 0 Å². The molecule has 0 aliphatic heterocycles. The summed E-state index contributed by atoms with van der Waals surface area (Å²) in [4.78, 5) is 0. The average Bonchev–Trinajstić information content (AvgIpc) is 2.39. The second-order valence-corrected chi connectivity index (χ2v) is 8.09. The molecule has 1 aliphatic carbocycles. The number of nitrogens with one attached hydrogen (secondary N) is 1. The van der Waals surface area contributed by atoms with Gasteiger partial charge < -0.3 is 5.32 Å². The summed E-state index contributed by atoms with van der Waals surface area (Å²) >= 11 is 3.52. The van der Waals surface area contributed by atoms with Crippen molar-refractivity contribution in [1.82, 2.24) is 5.32 Å². The second kappa shape index (κ2) is 6.62. The zero-order valence-electron chi connectivity index (χ0n) is 13.2. The van der Waals surface area contributed by atoms with Crippen molar-refractivity contribution in [3.63, 3.8) is 0 Å². The molecule has 0 saturated heterocycles. The number of hydrogen-bond donors (Lipinski definition) is 1. The van der Waals surface area contributed by atoms with E-state index in [9.17, 15) is 0 Å². The van der Waals surface area contributed by atoms with Gasteiger partial charge in [-0.05, 0) is 54.7 Å². The summed E-state index contributed by atoms with van der Waals surface area (Å²) < 4.78 is 1.16. The smallest absolute Gasteiger partial charge is 0.0320 e. The molecule has 0 aromatic heterocycles. The van der Waals surface area contributed by atoms with E-state index in [2.05, 4.69) is 73.2 Å². The molecule has 2 rings (SSSR count). The largest absolute Gasteiger partial charge is 0.307 e. The first-order chi connectivity index (χ1) is 9.41. The van der Waals surface area contributed by atoms with Crippen molar-refractivity contribution in [1.29, 1.82) is 0 Å². The molecule has 1 saturated carbocycles. The van der Waals surface area contributed by atoms with Gasteiger partial charge in [-0.15, -0.1) is 0 Å². The third-order valence-electron chi connectivity index (χ3n) is 4.79. The van der Waals surface area contributed by atoms with Gasteiger partial charge in [0.2, 0.25) is 0 Å². The van der Waals surface area contributed by atoms with Gasteiger partial charge in [-0.25, -0.2) is 0 Å². The first kappa shape index (κ1) is 16.0. The van der Waals surface area contributed by atoms with E-state index >= 15 is 0 Å². The molecule has 0 radical (unpaired) electrons. The highest BCUT2D eigenvalue weighted by Crippen LogP contribution is 2.39. The Labute approximate surface area is 132 Å². The highest BCUT2D eigenvalue weighted by molar-refractivity contribution is 9.10. The maximum absolute atomic E-state index is 3.91. The van der Waals surface area contributed by atoms with Crippen LogP contribution in [0.25, 0.3) is 0 Å². The van der Waals surface area contributed by atoms with Crippen LogP contribution in [0.3, 0.4) is 0 Å². The quantitative estimate of drug-likeness (QED) is 0.742. The van der Waals surface area contributed by atoms with Crippen LogP contribution in [-0.2, 0) is 0 Å². The van der Waals surface area contributed by atoms with E-state index in [4.69, 9.17) is 0 Å². The van der Waals surface area contributed by atoms with Gasteiger partial charge in [0.1, 0.15) is 0 Å². The molecule has 1 aliphatic rings. The molecule has 3 atom stereocenters. The van der Waals surface area contributed by atoms with Crippen molar-refractivity contribution in [2.75, 3.05) is 0 Å². The Morgan fingerprint density at radius 2 is 1.95 bits per heavy atom. The zero-order valence-corrected chi connectivity index (χ0v) is 14.8. The van der Waals surface area contributed by atoms with Gasteiger partial charge in [0.15, 0.2) is 0 Å². The van der Waals surface area contributed by atoms with Crippen LogP contribution in [-0.4, -0.2) is 6.04 Å². The fourth-order valence-electron chi connectivity index (χ4n) is 3.60. The molecule has 0 amide bonds. The third-order valence-corrected chi connectivity index (χ3v) is 5.32. The van der Waals surface area contributed by atoms with Gasteiger partial charge in [0.05, 0.1) is 0 Å². The predicted octanol–water partition coefficient (Wildman–Crippen LogP) is 5.70. The van der Waals surface area contributed by atoms with Crippen molar-refractivity contribution in [3.05, 3.63) is 34.3 Å². The summed E-state index contributed by atoms with van der Waals surface area (Å²) in [7, 11) is 0. The highest BCUT2D eigenvalue weighted by atomic mass is 79.9. The second-order valence-electron chi connectivity index (χ2n) is 7.17. The van der Waals surface area contributed by atoms with E-state index in [1.165, 1.54) is 24.8 Å². The maximum atomic E-state index is 3.91. The standard InChI is InChI=1S/C18H28BrN/c1-5-16(14-6-8-15(19)9-7-14)20-17-10-11-18(3,4)12-13(17)2/h6-9,13,16-17,20H,5,10-12H2,1-4H3. The normalized spacial score (nSPS) is 27.2. The summed E-state index contributed by atoms with van der Waals surface area (Å²) in [6.07, 6.45) is 5.13. The Morgan fingerprint density at radius 1 is 1.30 bits per heavy atom. The fourth-order valence-corrected chi connectivity index (χ4v) is 3.86. The molecule has 20 heavy (non-hydrogen) atoms. The molecule has 1 fully saturated rings. The number of rotatable bonds is 4. The molecular weight excluding hydrogens is 310 g/mol. The minimum atomic E-state index is 0.483. The van der Waals surface area contributed by atoms with Gasteiger partial charge in [0, 0.05) is 16.6 Å². The lowest BCUT2D eigenvalue weighted by atomic mass is 9.70. The minimum absolute atomic E-state index is 0.483. The van der Waals surface area contributed by atoms with Crippen LogP contribution in [0.2, 0.25) is 0 Å². The molecular formula is C18H28BrN. The first-order valence-corrected chi connectivity index (χ1v) is 8.72. The first-order valence-electron chi connectivity index (χ1n) is 7.93. The minimum Gasteiger partial charge on any atom is -0.307 e. The van der Waals surface area contributed by atoms with Crippen LogP contribution in [0.15, 0.2) is 28.7 Å². The lowest BCUT2D eigenvalue weighted by Gasteiger charge is -2.41. The van der Waals surface area contributed by atoms with Crippen molar-refractivity contribution >= 4 is 15.9 Å². The van der Waals surface area contributed by atoms with Crippen LogP contribution < -0.4 is 5.32 Å². The Morgan fingerprint density at radius 3 is 2.50 bits per heavy atom. The molecule has 1 nitrogen and oxygen atoms in total. The molecule has 1 aromatic rings. The third kappa shape index (κ3) is 4.08. The monoisotopic (exact) mass is 337 g/mol. The van der Waals surface area contributed by atoms with Crippen molar-refractivity contribution in [2.45, 2.75) is 65.5 Å². The molecule has 1 N–H and O–H groups in total. The van der Waals surface area contributed by atoms with Crippen LogP contribution in [0.5, 0.6) is 0 Å². The van der Waals surface area contributed by atoms with E-state index < -0.39 is 0 Å². The number of hydrogen-bond acceptors (Lipinski definition) is 1. The summed E-state index contributed by atoms with van der Waals surface area (Å²) in [6.45, 7) is 9.50. The molecule has 1 aromatic carbocycles. The highest BCUT2D eigenvalue weighted by Gasteiger charge is 2.33. The van der Waals surface area contributed by atoms with Crippen LogP contribution in [0, 0.1) is 11.3 Å². The zero-order chi connectivity index (χ0) is 14.8. The SMILES string of the molecule is CCC(NC1CCC(C)(C)CC1C)c1ccc(Br)cc1. The Balaban J connectivity index is 2.02. The average molecular weight is 338 g/mol. The summed E-state index contributed by atoms with van der Waals surface area (Å²) in [6, 6.07) is 9.92. The van der Waals surface area contributed by atoms with Crippen LogP contribution >= 0.6 is 15.9 Å². The van der Waals surface area contributed by atoms with Crippen LogP contribution in [0.4, 0.5) is 0 Å². The van der Waals surface area contributed by atoms with Crippen LogP contribution in [0.1, 0.15) is 65.0 Å². The topological polar surface area (TPSA) is 12.0 Å². The molecule has 0 heterocycles. The van der Waals surface area contributed by atoms with Gasteiger partial charge in [-0.2, -0.15) is 0 Å². The number of halogens is 1. The van der Waals surface area contributed by atoms with Gasteiger partial charge in [0.25, 0.3) is 0 Å². The molecule has 0 bridgehead atoms. The summed E-state index contributed by atoms with van der Waals surface area (Å²) in [5, 5.41) is 3.91. The van der Waals surface area contributed by atoms with E-state index in [-0.39, 0.29) is 0 Å². The molecule has 112 valence electrons. The van der Waals surface area contributed by atoms with Gasteiger partial charge >= 0.3 is 0 Å².